The van der Waals surface area contributed by atoms with Gasteiger partial charge in [0.15, 0.2) is 0 Å². The molecule has 0 aliphatic carbocycles. The molecule has 5 aromatic rings. The van der Waals surface area contributed by atoms with Gasteiger partial charge in [-0.25, -0.2) is 9.59 Å². The van der Waals surface area contributed by atoms with E-state index in [0.29, 0.717) is 70.2 Å². The zero-order valence-corrected chi connectivity index (χ0v) is 33.5. The van der Waals surface area contributed by atoms with Crippen molar-refractivity contribution in [1.29, 1.82) is 0 Å². The predicted octanol–water partition coefficient (Wildman–Crippen LogP) is 12.0. The fourth-order valence-corrected chi connectivity index (χ4v) is 5.44. The normalized spacial score (nSPS) is 11.4. The van der Waals surface area contributed by atoms with Gasteiger partial charge in [-0.15, -0.1) is 10.2 Å². The smallest absolute Gasteiger partial charge is 0.343 e. The fraction of sp³-hybridized carbons (Fsp3) is 0.250. The molecule has 0 bridgehead atoms. The van der Waals surface area contributed by atoms with Gasteiger partial charge in [0.1, 0.15) is 36.2 Å². The molecule has 1 aromatic heterocycles. The second-order valence-corrected chi connectivity index (χ2v) is 14.2. The molecular weight excluding hydrogens is 717 g/mol. The van der Waals surface area contributed by atoms with Crippen LogP contribution in [0.1, 0.15) is 87.9 Å². The molecule has 0 aliphatic rings. The molecule has 1 heterocycles. The number of rotatable bonds is 18. The van der Waals surface area contributed by atoms with Crippen LogP contribution in [0.2, 0.25) is 0 Å². The molecule has 5 rings (SSSR count). The maximum absolute atomic E-state index is 12.8. The van der Waals surface area contributed by atoms with Crippen molar-refractivity contribution in [3.05, 3.63) is 155 Å². The van der Waals surface area contributed by atoms with Crippen LogP contribution in [-0.4, -0.2) is 35.3 Å². The lowest BCUT2D eigenvalue weighted by Crippen LogP contribution is -2.08. The third-order valence-electron chi connectivity index (χ3n) is 8.77. The summed E-state index contributed by atoms with van der Waals surface area (Å²) in [5.41, 5.74) is 7.30. The van der Waals surface area contributed by atoms with Crippen molar-refractivity contribution in [3.8, 4) is 45.9 Å². The van der Waals surface area contributed by atoms with E-state index < -0.39 is 11.9 Å². The second kappa shape index (κ2) is 21.0. The average molecular weight is 767 g/mol. The molecule has 294 valence electrons. The Labute approximate surface area is 335 Å². The Bertz CT molecular complexity index is 2040. The molecule has 0 N–H and O–H groups in total. The highest BCUT2D eigenvalue weighted by Gasteiger charge is 2.14. The molecule has 57 heavy (non-hydrogen) atoms. The standard InChI is InChI=1S/C48H50N2O7/c1-33(2)9-7-11-35(5)29-31-53-41-21-17-39(18-22-41)47(51)55-43-25-13-37(14-26-43)45-49-50-46(57-45)38-15-27-44(28-16-38)56-48(52)40-19-23-42(24-20-40)54-32-30-36(6)12-8-10-34(3)4/h9-10,13-30H,7-8,11-12,31-32H2,1-6H3/b35-29-,36-30-. The summed E-state index contributed by atoms with van der Waals surface area (Å²) in [7, 11) is 0. The Morgan fingerprint density at radius 1 is 0.491 bits per heavy atom. The van der Waals surface area contributed by atoms with Crippen LogP contribution >= 0.6 is 0 Å². The van der Waals surface area contributed by atoms with Crippen molar-refractivity contribution >= 4 is 11.9 Å². The minimum Gasteiger partial charge on any atom is -0.490 e. The zero-order chi connectivity index (χ0) is 40.6. The third kappa shape index (κ3) is 13.6. The van der Waals surface area contributed by atoms with Gasteiger partial charge >= 0.3 is 11.9 Å². The van der Waals surface area contributed by atoms with Crippen LogP contribution < -0.4 is 18.9 Å². The van der Waals surface area contributed by atoms with E-state index in [4.69, 9.17) is 23.4 Å². The number of carbonyl (C=O) groups excluding carboxylic acids is 2. The first-order chi connectivity index (χ1) is 27.5. The van der Waals surface area contributed by atoms with Crippen molar-refractivity contribution in [2.24, 2.45) is 0 Å². The molecule has 0 fully saturated rings. The molecule has 9 heteroatoms. The Morgan fingerprint density at radius 3 is 1.19 bits per heavy atom. The van der Waals surface area contributed by atoms with Gasteiger partial charge in [0, 0.05) is 11.1 Å². The number of aromatic nitrogens is 2. The third-order valence-corrected chi connectivity index (χ3v) is 8.77. The molecule has 4 aromatic carbocycles. The first-order valence-electron chi connectivity index (χ1n) is 19.0. The van der Waals surface area contributed by atoms with Crippen LogP contribution in [0.5, 0.6) is 23.0 Å². The number of hydrogen-bond acceptors (Lipinski definition) is 9. The van der Waals surface area contributed by atoms with Gasteiger partial charge in [0.25, 0.3) is 0 Å². The van der Waals surface area contributed by atoms with Crippen LogP contribution in [-0.2, 0) is 0 Å². The molecule has 0 atom stereocenters. The van der Waals surface area contributed by atoms with Gasteiger partial charge in [-0.3, -0.25) is 0 Å². The van der Waals surface area contributed by atoms with Gasteiger partial charge in [-0.2, -0.15) is 0 Å². The van der Waals surface area contributed by atoms with Crippen molar-refractivity contribution in [2.75, 3.05) is 13.2 Å². The summed E-state index contributed by atoms with van der Waals surface area (Å²) in [5.74, 6) is 1.71. The Hall–Kier alpha value is -6.48. The number of nitrogens with zero attached hydrogens (tertiary/aromatic N) is 2. The lowest BCUT2D eigenvalue weighted by molar-refractivity contribution is 0.0725. The van der Waals surface area contributed by atoms with E-state index in [9.17, 15) is 9.59 Å². The van der Waals surface area contributed by atoms with E-state index in [0.717, 1.165) is 25.7 Å². The van der Waals surface area contributed by atoms with E-state index >= 15 is 0 Å². The summed E-state index contributed by atoms with van der Waals surface area (Å²) in [4.78, 5) is 25.6. The fourth-order valence-electron chi connectivity index (χ4n) is 5.44. The van der Waals surface area contributed by atoms with Gasteiger partial charge in [0.05, 0.1) is 11.1 Å². The highest BCUT2D eigenvalue weighted by Crippen LogP contribution is 2.28. The minimum absolute atomic E-state index is 0.296. The zero-order valence-electron chi connectivity index (χ0n) is 33.5. The van der Waals surface area contributed by atoms with Crippen LogP contribution in [0.25, 0.3) is 22.9 Å². The first kappa shape index (κ1) is 41.7. The average Bonchev–Trinajstić information content (AvgIpc) is 3.69. The maximum Gasteiger partial charge on any atom is 0.343 e. The lowest BCUT2D eigenvalue weighted by Gasteiger charge is -2.07. The highest BCUT2D eigenvalue weighted by atomic mass is 16.5. The molecular formula is C48H50N2O7. The summed E-state index contributed by atoms with van der Waals surface area (Å²) < 4.78 is 28.7. The summed E-state index contributed by atoms with van der Waals surface area (Å²) in [6.45, 7) is 13.5. The van der Waals surface area contributed by atoms with Crippen LogP contribution in [0.15, 0.2) is 148 Å². The van der Waals surface area contributed by atoms with Crippen molar-refractivity contribution < 1.29 is 33.0 Å². The maximum atomic E-state index is 12.8. The van der Waals surface area contributed by atoms with E-state index in [-0.39, 0.29) is 0 Å². The molecule has 0 spiro atoms. The van der Waals surface area contributed by atoms with Crippen LogP contribution in [0.4, 0.5) is 0 Å². The summed E-state index contributed by atoms with van der Waals surface area (Å²) in [6, 6.07) is 27.3. The Morgan fingerprint density at radius 2 is 0.842 bits per heavy atom. The Kier molecular flexibility index (Phi) is 15.4. The van der Waals surface area contributed by atoms with Crippen molar-refractivity contribution in [2.45, 2.75) is 67.2 Å². The molecule has 0 unspecified atom stereocenters. The molecule has 9 nitrogen and oxygen atoms in total. The van der Waals surface area contributed by atoms with Gasteiger partial charge in [-0.05, 0) is 176 Å². The number of hydrogen-bond donors (Lipinski definition) is 0. The predicted molar refractivity (Wildman–Crippen MR) is 224 cm³/mol. The Balaban J connectivity index is 1.07. The number of ether oxygens (including phenoxy) is 4. The second-order valence-electron chi connectivity index (χ2n) is 14.2. The lowest BCUT2D eigenvalue weighted by atomic mass is 10.1. The molecule has 0 saturated carbocycles. The minimum atomic E-state index is -0.485. The van der Waals surface area contributed by atoms with E-state index in [1.807, 2.05) is 0 Å². The number of esters is 2. The first-order valence-corrected chi connectivity index (χ1v) is 19.0. The largest absolute Gasteiger partial charge is 0.490 e. The number of benzene rings is 4. The van der Waals surface area contributed by atoms with Gasteiger partial charge in [-0.1, -0.05) is 34.4 Å². The number of carbonyl (C=O) groups is 2. The molecule has 0 amide bonds. The van der Waals surface area contributed by atoms with E-state index in [2.05, 4.69) is 76.0 Å². The molecule has 0 radical (unpaired) electrons. The molecule has 0 aliphatic heterocycles. The SMILES string of the molecule is CC(C)=CCC/C(C)=C\COc1ccc(C(=O)Oc2ccc(-c3nnc(-c4ccc(OC(=O)c5ccc(OC/C=C(/C)CCC=C(C)C)cc5)cc4)o3)cc2)cc1. The van der Waals surface area contributed by atoms with Crippen LogP contribution in [0.3, 0.4) is 0 Å². The highest BCUT2D eigenvalue weighted by molar-refractivity contribution is 5.91. The van der Waals surface area contributed by atoms with Crippen molar-refractivity contribution in [3.63, 3.8) is 0 Å². The topological polar surface area (TPSA) is 110 Å². The summed E-state index contributed by atoms with van der Waals surface area (Å²) >= 11 is 0. The van der Waals surface area contributed by atoms with Crippen LogP contribution in [0, 0.1) is 0 Å². The molecule has 0 saturated heterocycles. The summed E-state index contributed by atoms with van der Waals surface area (Å²) in [6.07, 6.45) is 12.6. The monoisotopic (exact) mass is 766 g/mol. The van der Waals surface area contributed by atoms with Gasteiger partial charge < -0.3 is 23.4 Å². The van der Waals surface area contributed by atoms with E-state index in [1.54, 1.807) is 97.1 Å². The quantitative estimate of drug-likeness (QED) is 0.0489. The van der Waals surface area contributed by atoms with Crippen molar-refractivity contribution in [1.82, 2.24) is 10.2 Å². The van der Waals surface area contributed by atoms with E-state index in [1.165, 1.54) is 22.3 Å². The van der Waals surface area contributed by atoms with Gasteiger partial charge in [0.2, 0.25) is 11.8 Å². The number of allylic oxidation sites excluding steroid dienone is 6. The summed E-state index contributed by atoms with van der Waals surface area (Å²) in [5, 5.41) is 8.36.